The Morgan fingerprint density at radius 2 is 1.65 bits per heavy atom. The van der Waals surface area contributed by atoms with Crippen LogP contribution >= 0.6 is 0 Å². The van der Waals surface area contributed by atoms with Gasteiger partial charge in [-0.3, -0.25) is 0 Å². The summed E-state index contributed by atoms with van der Waals surface area (Å²) in [6.45, 7) is 13.0. The summed E-state index contributed by atoms with van der Waals surface area (Å²) >= 11 is 0. The second kappa shape index (κ2) is 7.55. The van der Waals surface area contributed by atoms with Gasteiger partial charge >= 0.3 is 0 Å². The van der Waals surface area contributed by atoms with Crippen molar-refractivity contribution in [2.24, 2.45) is 5.41 Å². The zero-order chi connectivity index (χ0) is 18.1. The van der Waals surface area contributed by atoms with Gasteiger partial charge < -0.3 is 9.80 Å². The minimum Gasteiger partial charge on any atom is -0.304 e. The fourth-order valence-corrected chi connectivity index (χ4v) is 5.40. The van der Waals surface area contributed by atoms with E-state index in [4.69, 9.17) is 0 Å². The van der Waals surface area contributed by atoms with E-state index in [2.05, 4.69) is 52.9 Å². The molecule has 2 aliphatic heterocycles. The average molecular weight is 357 g/mol. The highest BCUT2D eigenvalue weighted by molar-refractivity contribution is 5.14. The van der Waals surface area contributed by atoms with Crippen LogP contribution in [-0.4, -0.2) is 58.5 Å². The van der Waals surface area contributed by atoms with E-state index in [1.807, 2.05) is 0 Å². The molecule has 0 radical (unpaired) electrons. The van der Waals surface area contributed by atoms with E-state index in [1.54, 1.807) is 0 Å². The second-order valence-corrected chi connectivity index (χ2v) is 9.34. The Labute approximate surface area is 159 Å². The smallest absolute Gasteiger partial charge is 0.130 e. The van der Waals surface area contributed by atoms with Crippen LogP contribution in [0.4, 0.5) is 0 Å². The molecule has 0 bridgehead atoms. The summed E-state index contributed by atoms with van der Waals surface area (Å²) in [6.07, 6.45) is 12.5. The molecule has 4 rings (SSSR count). The maximum absolute atomic E-state index is 4.58. The summed E-state index contributed by atoms with van der Waals surface area (Å²) in [5.74, 6) is 2.05. The highest BCUT2D eigenvalue weighted by Gasteiger charge is 2.47. The summed E-state index contributed by atoms with van der Waals surface area (Å²) in [6, 6.07) is 0.865. The summed E-state index contributed by atoms with van der Waals surface area (Å²) in [7, 11) is 0. The number of aromatic nitrogens is 2. The predicted molar refractivity (Wildman–Crippen MR) is 106 cm³/mol. The lowest BCUT2D eigenvalue weighted by molar-refractivity contribution is -0.0484. The number of nitrogens with zero attached hydrogens (tertiary/aromatic N) is 4. The third kappa shape index (κ3) is 3.68. The van der Waals surface area contributed by atoms with Crippen LogP contribution in [0.25, 0.3) is 0 Å². The van der Waals surface area contributed by atoms with Gasteiger partial charge in [0.05, 0.1) is 0 Å². The molecular formula is C22H36N4. The number of likely N-dealkylation sites (tertiary alicyclic amines) is 2. The Balaban J connectivity index is 1.25. The topological polar surface area (TPSA) is 32.3 Å². The van der Waals surface area contributed by atoms with Crippen molar-refractivity contribution in [2.75, 3.05) is 32.7 Å². The van der Waals surface area contributed by atoms with Crippen LogP contribution in [-0.2, 0) is 0 Å². The summed E-state index contributed by atoms with van der Waals surface area (Å²) < 4.78 is 0. The minimum absolute atomic E-state index is 0.418. The van der Waals surface area contributed by atoms with Gasteiger partial charge in [0.1, 0.15) is 5.82 Å². The number of piperidine rings is 2. The van der Waals surface area contributed by atoms with Crippen LogP contribution in [0.3, 0.4) is 0 Å². The fourth-order valence-electron chi connectivity index (χ4n) is 5.40. The fraction of sp³-hybridized carbons (Fsp3) is 0.818. The maximum Gasteiger partial charge on any atom is 0.130 e. The molecule has 3 fully saturated rings. The van der Waals surface area contributed by atoms with Crippen molar-refractivity contribution in [3.05, 3.63) is 23.8 Å². The van der Waals surface area contributed by atoms with Crippen molar-refractivity contribution < 1.29 is 0 Å². The van der Waals surface area contributed by atoms with Crippen LogP contribution in [0.15, 0.2) is 12.4 Å². The first-order valence-corrected chi connectivity index (χ1v) is 10.9. The Kier molecular flexibility index (Phi) is 5.34. The van der Waals surface area contributed by atoms with Crippen molar-refractivity contribution in [3.63, 3.8) is 0 Å². The van der Waals surface area contributed by atoms with E-state index in [1.165, 1.54) is 76.8 Å². The van der Waals surface area contributed by atoms with E-state index < -0.39 is 0 Å². The van der Waals surface area contributed by atoms with Crippen LogP contribution in [0.2, 0.25) is 0 Å². The van der Waals surface area contributed by atoms with Crippen molar-refractivity contribution in [1.29, 1.82) is 0 Å². The summed E-state index contributed by atoms with van der Waals surface area (Å²) in [5.41, 5.74) is 2.05. The molecule has 4 nitrogen and oxygen atoms in total. The third-order valence-corrected chi connectivity index (χ3v) is 7.43. The van der Waals surface area contributed by atoms with Crippen LogP contribution in [0, 0.1) is 5.41 Å². The molecule has 1 aliphatic carbocycles. The molecule has 3 aliphatic rings. The van der Waals surface area contributed by atoms with Crippen molar-refractivity contribution in [2.45, 2.75) is 77.2 Å². The van der Waals surface area contributed by atoms with Crippen LogP contribution in [0.5, 0.6) is 0 Å². The van der Waals surface area contributed by atoms with Gasteiger partial charge in [-0.1, -0.05) is 20.8 Å². The Morgan fingerprint density at radius 3 is 2.19 bits per heavy atom. The predicted octanol–water partition coefficient (Wildman–Crippen LogP) is 4.04. The molecule has 0 unspecified atom stereocenters. The number of rotatable bonds is 4. The van der Waals surface area contributed by atoms with Gasteiger partial charge in [-0.25, -0.2) is 9.97 Å². The first-order valence-electron chi connectivity index (χ1n) is 10.9. The van der Waals surface area contributed by atoms with E-state index in [0.29, 0.717) is 17.3 Å². The molecule has 0 aromatic carbocycles. The highest BCUT2D eigenvalue weighted by Crippen LogP contribution is 2.51. The molecule has 0 amide bonds. The molecule has 1 aromatic rings. The normalized spacial score (nSPS) is 25.7. The Morgan fingerprint density at radius 1 is 1.04 bits per heavy atom. The maximum atomic E-state index is 4.58. The third-order valence-electron chi connectivity index (χ3n) is 7.43. The van der Waals surface area contributed by atoms with Gasteiger partial charge in [0.25, 0.3) is 0 Å². The van der Waals surface area contributed by atoms with Crippen LogP contribution in [0.1, 0.15) is 82.5 Å². The second-order valence-electron chi connectivity index (χ2n) is 9.34. The van der Waals surface area contributed by atoms with Crippen molar-refractivity contribution >= 4 is 0 Å². The standard InChI is InChI=1S/C22H36N4/c1-4-25-11-7-22(8-12-25)13-20(14-22)26-9-5-18(6-10-26)19-15-23-21(17(2)3)24-16-19/h15-18,20H,4-14H2,1-3H3. The number of hydrogen-bond donors (Lipinski definition) is 0. The molecule has 1 saturated carbocycles. The van der Waals surface area contributed by atoms with Gasteiger partial charge in [-0.05, 0) is 88.1 Å². The zero-order valence-corrected chi connectivity index (χ0v) is 17.0. The molecule has 4 heteroatoms. The average Bonchev–Trinajstić information content (AvgIpc) is 2.66. The Bertz CT molecular complexity index is 573. The van der Waals surface area contributed by atoms with E-state index in [9.17, 15) is 0 Å². The molecular weight excluding hydrogens is 320 g/mol. The lowest BCUT2D eigenvalue weighted by Crippen LogP contribution is -2.56. The van der Waals surface area contributed by atoms with Crippen LogP contribution < -0.4 is 0 Å². The lowest BCUT2D eigenvalue weighted by atomic mass is 9.59. The van der Waals surface area contributed by atoms with Gasteiger partial charge in [-0.2, -0.15) is 0 Å². The largest absolute Gasteiger partial charge is 0.304 e. The minimum atomic E-state index is 0.418. The van der Waals surface area contributed by atoms with Crippen molar-refractivity contribution in [1.82, 2.24) is 19.8 Å². The number of hydrogen-bond acceptors (Lipinski definition) is 4. The highest BCUT2D eigenvalue weighted by atomic mass is 15.2. The summed E-state index contributed by atoms with van der Waals surface area (Å²) in [5, 5.41) is 0. The summed E-state index contributed by atoms with van der Waals surface area (Å²) in [4.78, 5) is 14.6. The van der Waals surface area contributed by atoms with Crippen molar-refractivity contribution in [3.8, 4) is 0 Å². The van der Waals surface area contributed by atoms with E-state index in [0.717, 1.165) is 11.9 Å². The van der Waals surface area contributed by atoms with Gasteiger partial charge in [-0.15, -0.1) is 0 Å². The van der Waals surface area contributed by atoms with E-state index in [-0.39, 0.29) is 0 Å². The molecule has 26 heavy (non-hydrogen) atoms. The van der Waals surface area contributed by atoms with Gasteiger partial charge in [0.2, 0.25) is 0 Å². The first-order chi connectivity index (χ1) is 12.6. The molecule has 1 aromatic heterocycles. The zero-order valence-electron chi connectivity index (χ0n) is 17.0. The molecule has 0 N–H and O–H groups in total. The Hall–Kier alpha value is -1.00. The monoisotopic (exact) mass is 356 g/mol. The molecule has 0 atom stereocenters. The SMILES string of the molecule is CCN1CCC2(CC1)CC(N1CCC(c3cnc(C(C)C)nc3)CC1)C2. The molecule has 3 heterocycles. The molecule has 2 saturated heterocycles. The first kappa shape index (κ1) is 18.4. The lowest BCUT2D eigenvalue weighted by Gasteiger charge is -2.56. The van der Waals surface area contributed by atoms with Gasteiger partial charge in [0, 0.05) is 24.4 Å². The molecule has 144 valence electrons. The quantitative estimate of drug-likeness (QED) is 0.815. The van der Waals surface area contributed by atoms with E-state index >= 15 is 0 Å². The molecule has 1 spiro atoms. The van der Waals surface area contributed by atoms with Gasteiger partial charge in [0.15, 0.2) is 0 Å².